The molecule has 0 bridgehead atoms. The first-order valence-electron chi connectivity index (χ1n) is 21.8. The smallest absolute Gasteiger partial charge is 0.344 e. The summed E-state index contributed by atoms with van der Waals surface area (Å²) in [6.45, 7) is 13.4. The molecule has 17 nitrogen and oxygen atoms in total. The number of carbonyl (C=O) groups is 8. The number of likely N-dealkylation sites (N-methyl/N-ethyl adjacent to an activating group) is 3. The van der Waals surface area contributed by atoms with E-state index >= 15 is 0 Å². The summed E-state index contributed by atoms with van der Waals surface area (Å²) in [4.78, 5) is 111. The summed E-state index contributed by atoms with van der Waals surface area (Å²) in [5.41, 5.74) is 0.653. The van der Waals surface area contributed by atoms with Gasteiger partial charge < -0.3 is 44.1 Å². The van der Waals surface area contributed by atoms with Crippen LogP contribution in [0.4, 0.5) is 0 Å². The number of nitrogens with zero attached hydrogens (tertiary/aromatic N) is 3. The van der Waals surface area contributed by atoms with E-state index in [-0.39, 0.29) is 31.7 Å². The molecule has 1 aromatic carbocycles. The topological polar surface area (TPSA) is 215 Å². The predicted octanol–water partition coefficient (Wildman–Crippen LogP) is 3.93. The van der Waals surface area contributed by atoms with Gasteiger partial charge in [-0.3, -0.25) is 19.2 Å². The molecule has 9 atom stereocenters. The summed E-state index contributed by atoms with van der Waals surface area (Å²) >= 11 is 0. The van der Waals surface area contributed by atoms with Gasteiger partial charge in [0.25, 0.3) is 17.7 Å². The van der Waals surface area contributed by atoms with E-state index in [1.165, 1.54) is 39.8 Å². The molecule has 2 rings (SSSR count). The lowest BCUT2D eigenvalue weighted by Crippen LogP contribution is -2.55. The molecule has 1 aliphatic heterocycles. The minimum atomic E-state index is -1.44. The van der Waals surface area contributed by atoms with Crippen molar-refractivity contribution in [3.05, 3.63) is 35.9 Å². The van der Waals surface area contributed by atoms with Gasteiger partial charge in [-0.05, 0) is 77.3 Å². The van der Waals surface area contributed by atoms with E-state index in [2.05, 4.69) is 5.32 Å². The van der Waals surface area contributed by atoms with Gasteiger partial charge in [0.05, 0.1) is 0 Å². The van der Waals surface area contributed by atoms with Crippen molar-refractivity contribution in [3.63, 3.8) is 0 Å². The van der Waals surface area contributed by atoms with E-state index in [9.17, 15) is 43.5 Å². The molecule has 17 heteroatoms. The summed E-state index contributed by atoms with van der Waals surface area (Å²) in [6, 6.07) is 4.70. The average Bonchev–Trinajstić information content (AvgIpc) is 3.24. The van der Waals surface area contributed by atoms with Gasteiger partial charge in [0.2, 0.25) is 0 Å². The number of unbranched alkanes of at least 4 members (excludes halogenated alkanes) is 1. The number of nitrogens with one attached hydrogen (secondary N) is 1. The van der Waals surface area contributed by atoms with Crippen LogP contribution >= 0.6 is 0 Å². The number of carboxylic acid groups (broad SMARTS) is 1. The zero-order valence-electron chi connectivity index (χ0n) is 38.4. The minimum absolute atomic E-state index is 0.0642. The number of hydrogen-bond donors (Lipinski definition) is 2. The lowest BCUT2D eigenvalue weighted by Gasteiger charge is -2.37. The van der Waals surface area contributed by atoms with Crippen molar-refractivity contribution in [2.45, 2.75) is 162 Å². The largest absolute Gasteiger partial charge is 0.479 e. The van der Waals surface area contributed by atoms with Crippen LogP contribution in [0.5, 0.6) is 0 Å². The maximum Gasteiger partial charge on any atom is 0.344 e. The highest BCUT2D eigenvalue weighted by Gasteiger charge is 2.42. The van der Waals surface area contributed by atoms with Gasteiger partial charge in [0.15, 0.2) is 24.4 Å². The Morgan fingerprint density at radius 1 is 0.790 bits per heavy atom. The van der Waals surface area contributed by atoms with Crippen LogP contribution in [0.1, 0.15) is 112 Å². The van der Waals surface area contributed by atoms with E-state index in [1.807, 2.05) is 27.7 Å². The Labute approximate surface area is 366 Å². The van der Waals surface area contributed by atoms with Crippen molar-refractivity contribution < 1.29 is 62.4 Å². The Bertz CT molecular complexity index is 1670. The fourth-order valence-corrected chi connectivity index (χ4v) is 7.26. The number of benzene rings is 1. The first-order valence-corrected chi connectivity index (χ1v) is 21.8. The average molecular weight is 875 g/mol. The van der Waals surface area contributed by atoms with Gasteiger partial charge >= 0.3 is 29.8 Å². The molecule has 3 amide bonds. The molecule has 0 unspecified atom stereocenters. The van der Waals surface area contributed by atoms with Crippen molar-refractivity contribution in [2.75, 3.05) is 27.7 Å². The Kier molecular flexibility index (Phi) is 22.1. The summed E-state index contributed by atoms with van der Waals surface area (Å²) in [5.74, 6) is -7.23. The fourth-order valence-electron chi connectivity index (χ4n) is 7.26. The Hall–Kier alpha value is -5.06. The van der Waals surface area contributed by atoms with Crippen LogP contribution in [0.25, 0.3) is 0 Å². The van der Waals surface area contributed by atoms with Crippen LogP contribution in [0, 0.1) is 11.8 Å². The van der Waals surface area contributed by atoms with Crippen molar-refractivity contribution >= 4 is 47.6 Å². The second-order valence-corrected chi connectivity index (χ2v) is 16.6. The van der Waals surface area contributed by atoms with Crippen LogP contribution in [-0.2, 0) is 63.7 Å². The number of esters is 4. The molecule has 1 aliphatic rings. The van der Waals surface area contributed by atoms with E-state index in [1.54, 1.807) is 44.3 Å². The van der Waals surface area contributed by atoms with Crippen LogP contribution < -0.4 is 5.32 Å². The highest BCUT2D eigenvalue weighted by molar-refractivity contribution is 5.93. The molecule has 2 N–H and O–H groups in total. The van der Waals surface area contributed by atoms with Gasteiger partial charge in [-0.15, -0.1) is 0 Å². The lowest BCUT2D eigenvalue weighted by atomic mass is 9.97. The third-order valence-corrected chi connectivity index (χ3v) is 11.2. The number of likely N-dealkylation sites (tertiary alicyclic amines) is 1. The number of ether oxygens (including phenoxy) is 4. The van der Waals surface area contributed by atoms with Crippen molar-refractivity contribution in [1.29, 1.82) is 0 Å². The summed E-state index contributed by atoms with van der Waals surface area (Å²) in [7, 11) is 4.41. The quantitative estimate of drug-likeness (QED) is 0.111. The predicted molar refractivity (Wildman–Crippen MR) is 228 cm³/mol. The Morgan fingerprint density at radius 2 is 1.39 bits per heavy atom. The number of carboxylic acids is 1. The molecular weight excluding hydrogens is 805 g/mol. The number of hydrogen-bond acceptors (Lipinski definition) is 13. The molecule has 0 radical (unpaired) electrons. The highest BCUT2D eigenvalue weighted by atomic mass is 16.6. The molecule has 62 heavy (non-hydrogen) atoms. The minimum Gasteiger partial charge on any atom is -0.479 e. The van der Waals surface area contributed by atoms with Crippen molar-refractivity contribution in [1.82, 2.24) is 20.0 Å². The Balaban J connectivity index is 2.34. The van der Waals surface area contributed by atoms with E-state index in [0.29, 0.717) is 31.2 Å². The maximum absolute atomic E-state index is 14.3. The number of amides is 3. The first kappa shape index (κ1) is 53.1. The van der Waals surface area contributed by atoms with Gasteiger partial charge in [-0.25, -0.2) is 19.2 Å². The molecule has 0 saturated carbocycles. The first-order chi connectivity index (χ1) is 29.2. The summed E-state index contributed by atoms with van der Waals surface area (Å²) in [6.07, 6.45) is -1.50. The third kappa shape index (κ3) is 15.4. The molecule has 0 aromatic heterocycles. The van der Waals surface area contributed by atoms with E-state index in [0.717, 1.165) is 22.6 Å². The summed E-state index contributed by atoms with van der Waals surface area (Å²) < 4.78 is 22.3. The van der Waals surface area contributed by atoms with Gasteiger partial charge in [-0.1, -0.05) is 84.2 Å². The normalized spacial score (nSPS) is 17.8. The molecule has 0 aliphatic carbocycles. The monoisotopic (exact) mass is 874 g/mol. The van der Waals surface area contributed by atoms with Crippen LogP contribution in [0.2, 0.25) is 0 Å². The van der Waals surface area contributed by atoms with Crippen LogP contribution in [0.3, 0.4) is 0 Å². The molecule has 348 valence electrons. The fraction of sp³-hybridized carbons (Fsp3) is 0.689. The maximum atomic E-state index is 14.3. The van der Waals surface area contributed by atoms with Crippen LogP contribution in [0.15, 0.2) is 30.3 Å². The molecule has 1 heterocycles. The van der Waals surface area contributed by atoms with E-state index < -0.39 is 102 Å². The number of aliphatic carboxylic acids is 1. The van der Waals surface area contributed by atoms with Crippen molar-refractivity contribution in [2.24, 2.45) is 11.8 Å². The molecule has 1 aromatic rings. The molecule has 1 saturated heterocycles. The Morgan fingerprint density at radius 3 is 1.94 bits per heavy atom. The van der Waals surface area contributed by atoms with Crippen molar-refractivity contribution in [3.8, 4) is 0 Å². The summed E-state index contributed by atoms with van der Waals surface area (Å²) in [5, 5.41) is 12.2. The molecular formula is C45H70N4O13. The zero-order chi connectivity index (χ0) is 46.8. The number of carbonyl (C=O) groups excluding carboxylic acids is 7. The molecule has 1 fully saturated rings. The highest BCUT2D eigenvalue weighted by Crippen LogP contribution is 2.24. The second kappa shape index (κ2) is 25.8. The van der Waals surface area contributed by atoms with Gasteiger partial charge in [-0.2, -0.15) is 0 Å². The number of rotatable bonds is 24. The standard InChI is InChI=1S/C45H70N4O13/c1-12-14-22-33(46-9)42(55)59-30(7)39(51)48(11)37(28(5)13-2)45(58)60-29(6)38(50)47(10)35(25-27(3)4)44(57)62-36(26-32-20-16-15-17-21-32)40(52)49-24-19-18-23-34(49)43(56)61-31(8)41(53)54/h15-17,20-21,27-31,33-37,46H,12-14,18-19,22-26H2,1-11H3,(H,53,54)/t28-,29+,30+,31+,33-,34-,35-,36+,37-/m0/s1. The van der Waals surface area contributed by atoms with Gasteiger partial charge in [0, 0.05) is 27.1 Å². The lowest BCUT2D eigenvalue weighted by molar-refractivity contribution is -0.176. The van der Waals surface area contributed by atoms with Gasteiger partial charge in [0.1, 0.15) is 24.2 Å². The number of piperidine rings is 1. The molecule has 0 spiro atoms. The second-order valence-electron chi connectivity index (χ2n) is 16.6. The third-order valence-electron chi connectivity index (χ3n) is 11.2. The van der Waals surface area contributed by atoms with E-state index in [4.69, 9.17) is 18.9 Å². The van der Waals surface area contributed by atoms with Crippen LogP contribution in [-0.4, -0.2) is 144 Å². The zero-order valence-corrected chi connectivity index (χ0v) is 38.4. The SMILES string of the molecule is CCCC[C@H](NC)C(=O)O[C@H](C)C(=O)N(C)[C@H](C(=O)O[C@H](C)C(=O)N(C)[C@@H](CC(C)C)C(=O)O[C@H](Cc1ccccc1)C(=O)N1CCCC[C@H]1C(=O)O[C@H](C)C(=O)O)[C@@H](C)CC.